The second kappa shape index (κ2) is 7.41. The van der Waals surface area contributed by atoms with Crippen molar-refractivity contribution in [3.8, 4) is 0 Å². The number of hydrogen-bond acceptors (Lipinski definition) is 1. The van der Waals surface area contributed by atoms with Crippen LogP contribution in [0.25, 0.3) is 0 Å². The van der Waals surface area contributed by atoms with E-state index in [1.807, 2.05) is 19.1 Å². The average Bonchev–Trinajstić information content (AvgIpc) is 2.32. The largest absolute Gasteiger partial charge is 0.370 e. The fourth-order valence-corrected chi connectivity index (χ4v) is 1.86. The molecule has 0 spiro atoms. The summed E-state index contributed by atoms with van der Waals surface area (Å²) in [4.78, 5) is 14.8. The lowest BCUT2D eigenvalue weighted by molar-refractivity contribution is 0.259. The van der Waals surface area contributed by atoms with Crippen LogP contribution in [0.1, 0.15) is 37.3 Å². The Morgan fingerprint density at radius 2 is 2.05 bits per heavy atom. The molecule has 0 aliphatic rings. The van der Waals surface area contributed by atoms with E-state index in [2.05, 4.69) is 23.3 Å². The highest BCUT2D eigenvalue weighted by atomic mass is 16.2. The number of anilines is 1. The van der Waals surface area contributed by atoms with Crippen LogP contribution in [0.2, 0.25) is 0 Å². The second-order valence-electron chi connectivity index (χ2n) is 4.57. The number of urea groups is 1. The van der Waals surface area contributed by atoms with Gasteiger partial charge in [0.1, 0.15) is 0 Å². The zero-order valence-electron chi connectivity index (χ0n) is 11.6. The number of hydrogen-bond donors (Lipinski definition) is 3. The molecular formula is C14H22N4O. The Balaban J connectivity index is 2.66. The lowest BCUT2D eigenvalue weighted by Crippen LogP contribution is -2.25. The maximum atomic E-state index is 11.4. The minimum atomic E-state index is -0.554. The molecule has 0 heterocycles. The fourth-order valence-electron chi connectivity index (χ4n) is 1.86. The summed E-state index contributed by atoms with van der Waals surface area (Å²) in [6.07, 6.45) is 4.71. The number of amides is 2. The molecule has 1 rings (SSSR count). The first-order chi connectivity index (χ1) is 9.02. The van der Waals surface area contributed by atoms with Crippen molar-refractivity contribution in [2.24, 2.45) is 16.5 Å². The van der Waals surface area contributed by atoms with Crippen molar-refractivity contribution < 1.29 is 4.79 Å². The number of carbonyl (C=O) groups excluding carboxylic acids is 1. The number of nitrogens with one attached hydrogen (secondary N) is 1. The molecule has 5 N–H and O–H groups in total. The van der Waals surface area contributed by atoms with Gasteiger partial charge in [0.25, 0.3) is 0 Å². The predicted octanol–water partition coefficient (Wildman–Crippen LogP) is 2.53. The molecule has 1 aromatic rings. The molecule has 0 bridgehead atoms. The summed E-state index contributed by atoms with van der Waals surface area (Å²) in [5.74, 6) is -0.244. The van der Waals surface area contributed by atoms with Gasteiger partial charge in [0.2, 0.25) is 0 Å². The van der Waals surface area contributed by atoms with E-state index in [4.69, 9.17) is 11.5 Å². The normalized spacial score (nSPS) is 10.0. The summed E-state index contributed by atoms with van der Waals surface area (Å²) < 4.78 is 0. The molecule has 0 radical (unpaired) electrons. The summed E-state index contributed by atoms with van der Waals surface area (Å²) >= 11 is 0. The highest BCUT2D eigenvalue weighted by Gasteiger charge is 2.04. The SMILES string of the molecule is CCCCCc1ccc(NC(=O)N=C(N)N)c(C)c1. The molecule has 1 aromatic carbocycles. The number of guanidine groups is 1. The standard InChI is InChI=1S/C14H22N4O/c1-3-4-5-6-11-7-8-12(10(2)9-11)17-14(19)18-13(15)16/h7-9H,3-6H2,1-2H3,(H5,15,16,17,18,19). The van der Waals surface area contributed by atoms with Crippen LogP contribution in [0.4, 0.5) is 10.5 Å². The lowest BCUT2D eigenvalue weighted by atomic mass is 10.0. The molecule has 5 nitrogen and oxygen atoms in total. The minimum absolute atomic E-state index is 0.244. The number of unbranched alkanes of at least 4 members (excludes halogenated alkanes) is 2. The zero-order chi connectivity index (χ0) is 14.3. The molecule has 0 aromatic heterocycles. The van der Waals surface area contributed by atoms with Crippen molar-refractivity contribution in [3.63, 3.8) is 0 Å². The van der Waals surface area contributed by atoms with Crippen LogP contribution in [0.15, 0.2) is 23.2 Å². The van der Waals surface area contributed by atoms with Crippen molar-refractivity contribution in [1.29, 1.82) is 0 Å². The maximum absolute atomic E-state index is 11.4. The Labute approximate surface area is 114 Å². The van der Waals surface area contributed by atoms with E-state index in [-0.39, 0.29) is 5.96 Å². The van der Waals surface area contributed by atoms with Gasteiger partial charge in [0.15, 0.2) is 5.96 Å². The van der Waals surface area contributed by atoms with Crippen LogP contribution in [0, 0.1) is 6.92 Å². The first-order valence-corrected chi connectivity index (χ1v) is 6.53. The molecule has 2 amide bonds. The quantitative estimate of drug-likeness (QED) is 0.432. The first kappa shape index (κ1) is 15.0. The van der Waals surface area contributed by atoms with Crippen LogP contribution in [0.3, 0.4) is 0 Å². The van der Waals surface area contributed by atoms with Gasteiger partial charge in [-0.3, -0.25) is 0 Å². The topological polar surface area (TPSA) is 93.5 Å². The van der Waals surface area contributed by atoms with Gasteiger partial charge >= 0.3 is 6.03 Å². The molecule has 0 aliphatic heterocycles. The molecule has 104 valence electrons. The number of aryl methyl sites for hydroxylation is 2. The van der Waals surface area contributed by atoms with Crippen molar-refractivity contribution >= 4 is 17.7 Å². The third-order valence-corrected chi connectivity index (χ3v) is 2.83. The molecule has 0 aliphatic carbocycles. The Kier molecular flexibility index (Phi) is 5.85. The molecule has 5 heteroatoms. The van der Waals surface area contributed by atoms with Crippen LogP contribution < -0.4 is 16.8 Å². The maximum Gasteiger partial charge on any atom is 0.348 e. The van der Waals surface area contributed by atoms with Crippen molar-refractivity contribution in [2.45, 2.75) is 39.5 Å². The number of nitrogens with zero attached hydrogens (tertiary/aromatic N) is 1. The van der Waals surface area contributed by atoms with Gasteiger partial charge < -0.3 is 16.8 Å². The van der Waals surface area contributed by atoms with E-state index in [1.165, 1.54) is 24.8 Å². The van der Waals surface area contributed by atoms with Crippen LogP contribution in [-0.4, -0.2) is 12.0 Å². The fraction of sp³-hybridized carbons (Fsp3) is 0.429. The molecule has 19 heavy (non-hydrogen) atoms. The molecule has 0 atom stereocenters. The van der Waals surface area contributed by atoms with Gasteiger partial charge in [-0.25, -0.2) is 4.79 Å². The molecule has 0 saturated carbocycles. The summed E-state index contributed by atoms with van der Waals surface area (Å²) in [7, 11) is 0. The summed E-state index contributed by atoms with van der Waals surface area (Å²) in [5.41, 5.74) is 13.3. The smallest absolute Gasteiger partial charge is 0.348 e. The predicted molar refractivity (Wildman–Crippen MR) is 79.2 cm³/mol. The third-order valence-electron chi connectivity index (χ3n) is 2.83. The minimum Gasteiger partial charge on any atom is -0.370 e. The van der Waals surface area contributed by atoms with Crippen LogP contribution >= 0.6 is 0 Å². The van der Waals surface area contributed by atoms with Gasteiger partial charge in [-0.15, -0.1) is 0 Å². The number of carbonyl (C=O) groups is 1. The Morgan fingerprint density at radius 3 is 2.63 bits per heavy atom. The van der Waals surface area contributed by atoms with Gasteiger partial charge in [-0.05, 0) is 37.0 Å². The Bertz CT molecular complexity index is 465. The second-order valence-corrected chi connectivity index (χ2v) is 4.57. The van der Waals surface area contributed by atoms with Crippen LogP contribution in [0.5, 0.6) is 0 Å². The average molecular weight is 262 g/mol. The third kappa shape index (κ3) is 5.42. The van der Waals surface area contributed by atoms with Crippen molar-refractivity contribution in [3.05, 3.63) is 29.3 Å². The highest BCUT2D eigenvalue weighted by Crippen LogP contribution is 2.18. The van der Waals surface area contributed by atoms with Gasteiger partial charge in [-0.1, -0.05) is 31.9 Å². The Hall–Kier alpha value is -2.04. The summed E-state index contributed by atoms with van der Waals surface area (Å²) in [6, 6.07) is 5.44. The van der Waals surface area contributed by atoms with Crippen molar-refractivity contribution in [1.82, 2.24) is 0 Å². The van der Waals surface area contributed by atoms with E-state index < -0.39 is 6.03 Å². The summed E-state index contributed by atoms with van der Waals surface area (Å²) in [6.45, 7) is 4.14. The van der Waals surface area contributed by atoms with E-state index >= 15 is 0 Å². The Morgan fingerprint density at radius 1 is 1.32 bits per heavy atom. The monoisotopic (exact) mass is 262 g/mol. The molecule has 0 fully saturated rings. The first-order valence-electron chi connectivity index (χ1n) is 6.53. The number of aliphatic imine (C=N–C) groups is 1. The number of nitrogens with two attached hydrogens (primary N) is 2. The van der Waals surface area contributed by atoms with Crippen molar-refractivity contribution in [2.75, 3.05) is 5.32 Å². The van der Waals surface area contributed by atoms with E-state index in [0.717, 1.165) is 17.7 Å². The van der Waals surface area contributed by atoms with Gasteiger partial charge in [0.05, 0.1) is 0 Å². The number of rotatable bonds is 5. The van der Waals surface area contributed by atoms with Gasteiger partial charge in [-0.2, -0.15) is 4.99 Å². The van der Waals surface area contributed by atoms with E-state index in [0.29, 0.717) is 0 Å². The number of benzene rings is 1. The molecular weight excluding hydrogens is 240 g/mol. The van der Waals surface area contributed by atoms with Gasteiger partial charge in [0, 0.05) is 5.69 Å². The lowest BCUT2D eigenvalue weighted by Gasteiger charge is -2.08. The molecule has 0 unspecified atom stereocenters. The summed E-state index contributed by atoms with van der Waals surface area (Å²) in [5, 5.41) is 2.65. The molecule has 0 saturated heterocycles. The zero-order valence-corrected chi connectivity index (χ0v) is 11.6. The van der Waals surface area contributed by atoms with Crippen LogP contribution in [-0.2, 0) is 6.42 Å². The highest BCUT2D eigenvalue weighted by molar-refractivity contribution is 5.98. The van der Waals surface area contributed by atoms with E-state index in [9.17, 15) is 4.79 Å². The van der Waals surface area contributed by atoms with E-state index in [1.54, 1.807) is 0 Å².